The highest BCUT2D eigenvalue weighted by Gasteiger charge is 2.20. The molecule has 1 atom stereocenters. The summed E-state index contributed by atoms with van der Waals surface area (Å²) in [5, 5.41) is 3.06. The van der Waals surface area contributed by atoms with Gasteiger partial charge < -0.3 is 20.5 Å². The lowest BCUT2D eigenvalue weighted by Crippen LogP contribution is -2.30. The number of hydrogen-bond donors (Lipinski definition) is 2. The Bertz CT molecular complexity index is 764. The quantitative estimate of drug-likeness (QED) is 0.640. The van der Waals surface area contributed by atoms with Crippen LogP contribution in [-0.2, 0) is 9.53 Å². The van der Waals surface area contributed by atoms with E-state index >= 15 is 0 Å². The van der Waals surface area contributed by atoms with Crippen LogP contribution in [0.3, 0.4) is 0 Å². The fraction of sp³-hybridized carbons (Fsp3) is 0.176. The Balaban J connectivity index is 2.01. The fourth-order valence-corrected chi connectivity index (χ4v) is 2.12. The minimum Gasteiger partial charge on any atom is -0.497 e. The first-order valence-electron chi connectivity index (χ1n) is 7.11. The summed E-state index contributed by atoms with van der Waals surface area (Å²) >= 11 is 5.79. The number of methoxy groups -OCH3 is 1. The molecule has 2 rings (SSSR count). The van der Waals surface area contributed by atoms with Crippen molar-refractivity contribution >= 4 is 34.9 Å². The Hall–Kier alpha value is -2.73. The predicted octanol–water partition coefficient (Wildman–Crippen LogP) is 3.11. The Morgan fingerprint density at radius 2 is 1.96 bits per heavy atom. The van der Waals surface area contributed by atoms with Crippen LogP contribution in [0.5, 0.6) is 5.75 Å². The molecule has 0 saturated heterocycles. The van der Waals surface area contributed by atoms with Gasteiger partial charge in [-0.25, -0.2) is 4.79 Å². The van der Waals surface area contributed by atoms with Gasteiger partial charge in [0.15, 0.2) is 6.10 Å². The van der Waals surface area contributed by atoms with E-state index in [-0.39, 0.29) is 11.3 Å². The van der Waals surface area contributed by atoms with E-state index in [1.54, 1.807) is 24.3 Å². The van der Waals surface area contributed by atoms with Crippen LogP contribution in [0, 0.1) is 0 Å². The standard InChI is InChI=1S/C17H17ClN2O4/c1-10(16(21)20-12-4-3-5-13(9-12)23-2)24-17(22)14-7-6-11(18)8-15(14)19/h3-10H,19H2,1-2H3,(H,20,21)/t10-/m0/s1. The predicted molar refractivity (Wildman–Crippen MR) is 92.4 cm³/mol. The third-order valence-electron chi connectivity index (χ3n) is 3.22. The van der Waals surface area contributed by atoms with E-state index in [0.717, 1.165) is 0 Å². The number of nitrogens with one attached hydrogen (secondary N) is 1. The molecule has 0 unspecified atom stereocenters. The Morgan fingerprint density at radius 3 is 2.62 bits per heavy atom. The Kier molecular flexibility index (Phi) is 5.65. The highest BCUT2D eigenvalue weighted by Crippen LogP contribution is 2.20. The summed E-state index contributed by atoms with van der Waals surface area (Å²) < 4.78 is 10.2. The molecule has 0 fully saturated rings. The summed E-state index contributed by atoms with van der Waals surface area (Å²) in [4.78, 5) is 24.2. The number of benzene rings is 2. The van der Waals surface area contributed by atoms with E-state index in [1.807, 2.05) is 0 Å². The number of ether oxygens (including phenoxy) is 2. The number of rotatable bonds is 5. The van der Waals surface area contributed by atoms with E-state index in [9.17, 15) is 9.59 Å². The number of carbonyl (C=O) groups excluding carboxylic acids is 2. The Morgan fingerprint density at radius 1 is 1.21 bits per heavy atom. The zero-order valence-electron chi connectivity index (χ0n) is 13.2. The number of amides is 1. The monoisotopic (exact) mass is 348 g/mol. The van der Waals surface area contributed by atoms with Gasteiger partial charge in [-0.2, -0.15) is 0 Å². The SMILES string of the molecule is COc1cccc(NC(=O)[C@H](C)OC(=O)c2ccc(Cl)cc2N)c1. The third-order valence-corrected chi connectivity index (χ3v) is 3.46. The number of hydrogen-bond acceptors (Lipinski definition) is 5. The van der Waals surface area contributed by atoms with Crippen molar-refractivity contribution in [3.05, 3.63) is 53.1 Å². The first-order chi connectivity index (χ1) is 11.4. The van der Waals surface area contributed by atoms with Gasteiger partial charge in [0.05, 0.1) is 12.7 Å². The lowest BCUT2D eigenvalue weighted by molar-refractivity contribution is -0.123. The molecule has 126 valence electrons. The number of anilines is 2. The van der Waals surface area contributed by atoms with Gasteiger partial charge >= 0.3 is 5.97 Å². The maximum Gasteiger partial charge on any atom is 0.341 e. The van der Waals surface area contributed by atoms with E-state index in [1.165, 1.54) is 32.2 Å². The second kappa shape index (κ2) is 7.70. The smallest absolute Gasteiger partial charge is 0.341 e. The molecule has 0 bridgehead atoms. The minimum absolute atomic E-state index is 0.153. The molecular formula is C17H17ClN2O4. The van der Waals surface area contributed by atoms with Gasteiger partial charge in [-0.05, 0) is 37.3 Å². The van der Waals surface area contributed by atoms with Crippen LogP contribution < -0.4 is 15.8 Å². The molecule has 0 radical (unpaired) electrons. The summed E-state index contributed by atoms with van der Waals surface area (Å²) in [5.74, 6) is -0.562. The molecule has 0 aliphatic heterocycles. The third kappa shape index (κ3) is 4.39. The van der Waals surface area contributed by atoms with Crippen molar-refractivity contribution in [2.75, 3.05) is 18.2 Å². The van der Waals surface area contributed by atoms with Crippen molar-refractivity contribution in [2.24, 2.45) is 0 Å². The van der Waals surface area contributed by atoms with Crippen LogP contribution in [0.25, 0.3) is 0 Å². The molecular weight excluding hydrogens is 332 g/mol. The van der Waals surface area contributed by atoms with Crippen LogP contribution in [-0.4, -0.2) is 25.1 Å². The van der Waals surface area contributed by atoms with E-state index in [2.05, 4.69) is 5.32 Å². The number of nitrogen functional groups attached to an aromatic ring is 1. The molecule has 24 heavy (non-hydrogen) atoms. The minimum atomic E-state index is -1.00. The summed E-state index contributed by atoms with van der Waals surface area (Å²) in [7, 11) is 1.53. The fourth-order valence-electron chi connectivity index (χ4n) is 1.94. The van der Waals surface area contributed by atoms with Gasteiger partial charge in [-0.15, -0.1) is 0 Å². The van der Waals surface area contributed by atoms with Crippen LogP contribution >= 0.6 is 11.6 Å². The lowest BCUT2D eigenvalue weighted by Gasteiger charge is -2.14. The molecule has 2 aromatic rings. The van der Waals surface area contributed by atoms with E-state index < -0.39 is 18.0 Å². The molecule has 2 aromatic carbocycles. The average Bonchev–Trinajstić information content (AvgIpc) is 2.54. The molecule has 6 nitrogen and oxygen atoms in total. The zero-order chi connectivity index (χ0) is 17.7. The molecule has 1 amide bonds. The summed E-state index contributed by atoms with van der Waals surface area (Å²) in [6.45, 7) is 1.47. The second-order valence-corrected chi connectivity index (χ2v) is 5.44. The van der Waals surface area contributed by atoms with Gasteiger partial charge in [0.2, 0.25) is 0 Å². The molecule has 0 aliphatic rings. The van der Waals surface area contributed by atoms with E-state index in [0.29, 0.717) is 16.5 Å². The normalized spacial score (nSPS) is 11.5. The largest absolute Gasteiger partial charge is 0.497 e. The van der Waals surface area contributed by atoms with Gasteiger partial charge in [0.1, 0.15) is 5.75 Å². The van der Waals surface area contributed by atoms with E-state index in [4.69, 9.17) is 26.8 Å². The summed E-state index contributed by atoms with van der Waals surface area (Å²) in [6.07, 6.45) is -1.00. The molecule has 7 heteroatoms. The Labute approximate surface area is 144 Å². The van der Waals surface area contributed by atoms with Crippen LogP contribution in [0.1, 0.15) is 17.3 Å². The van der Waals surface area contributed by atoms with Crippen LogP contribution in [0.4, 0.5) is 11.4 Å². The molecule has 0 aromatic heterocycles. The number of nitrogens with two attached hydrogens (primary N) is 1. The average molecular weight is 349 g/mol. The van der Waals surface area contributed by atoms with Crippen molar-refractivity contribution in [3.8, 4) is 5.75 Å². The summed E-state index contributed by atoms with van der Waals surface area (Å²) in [6, 6.07) is 11.3. The lowest BCUT2D eigenvalue weighted by atomic mass is 10.2. The molecule has 3 N–H and O–H groups in total. The van der Waals surface area contributed by atoms with Gasteiger partial charge in [-0.1, -0.05) is 17.7 Å². The molecule has 0 aliphatic carbocycles. The highest BCUT2D eigenvalue weighted by atomic mass is 35.5. The summed E-state index contributed by atoms with van der Waals surface area (Å²) in [5.41, 5.74) is 6.61. The van der Waals surface area contributed by atoms with Gasteiger partial charge in [0.25, 0.3) is 5.91 Å². The number of carbonyl (C=O) groups is 2. The zero-order valence-corrected chi connectivity index (χ0v) is 14.0. The van der Waals surface area contributed by atoms with Crippen molar-refractivity contribution in [1.82, 2.24) is 0 Å². The first-order valence-corrected chi connectivity index (χ1v) is 7.49. The highest BCUT2D eigenvalue weighted by molar-refractivity contribution is 6.31. The van der Waals surface area contributed by atoms with Crippen molar-refractivity contribution in [1.29, 1.82) is 0 Å². The van der Waals surface area contributed by atoms with Crippen molar-refractivity contribution < 1.29 is 19.1 Å². The maximum atomic E-state index is 12.1. The van der Waals surface area contributed by atoms with Crippen molar-refractivity contribution in [3.63, 3.8) is 0 Å². The maximum absolute atomic E-state index is 12.1. The molecule has 0 saturated carbocycles. The van der Waals surface area contributed by atoms with Gasteiger partial charge in [-0.3, -0.25) is 4.79 Å². The molecule has 0 spiro atoms. The van der Waals surface area contributed by atoms with Crippen LogP contribution in [0.15, 0.2) is 42.5 Å². The van der Waals surface area contributed by atoms with Crippen molar-refractivity contribution in [2.45, 2.75) is 13.0 Å². The molecule has 0 heterocycles. The van der Waals surface area contributed by atoms with Crippen LogP contribution in [0.2, 0.25) is 5.02 Å². The second-order valence-electron chi connectivity index (χ2n) is 5.00. The topological polar surface area (TPSA) is 90.6 Å². The number of esters is 1. The number of halogens is 1. The van der Waals surface area contributed by atoms with Gasteiger partial charge in [0, 0.05) is 22.5 Å². The first kappa shape index (κ1) is 17.6.